The van der Waals surface area contributed by atoms with Gasteiger partial charge in [-0.15, -0.1) is 0 Å². The maximum Gasteiger partial charge on any atom is 0.408 e. The third kappa shape index (κ3) is 7.55. The zero-order valence-electron chi connectivity index (χ0n) is 20.7. The van der Waals surface area contributed by atoms with Crippen LogP contribution in [0.15, 0.2) is 53.0 Å². The minimum Gasteiger partial charge on any atom is -0.466 e. The summed E-state index contributed by atoms with van der Waals surface area (Å²) in [6.45, 7) is 6.56. The number of hydrogen-bond donors (Lipinski definition) is 1. The van der Waals surface area contributed by atoms with Crippen molar-refractivity contribution in [2.24, 2.45) is 5.92 Å². The maximum absolute atomic E-state index is 13.3. The van der Waals surface area contributed by atoms with Crippen LogP contribution < -0.4 is 5.32 Å². The molecule has 7 nitrogen and oxygen atoms in total. The van der Waals surface area contributed by atoms with Gasteiger partial charge in [0, 0.05) is 33.1 Å². The summed E-state index contributed by atoms with van der Waals surface area (Å²) in [5, 5.41) is 3.03. The first kappa shape index (κ1) is 28.2. The van der Waals surface area contributed by atoms with E-state index in [0.717, 1.165) is 25.6 Å². The molecule has 192 valence electrons. The normalized spacial score (nSPS) is 16.6. The molecule has 2 amide bonds. The van der Waals surface area contributed by atoms with E-state index in [1.165, 1.54) is 13.2 Å². The Morgan fingerprint density at radius 3 is 2.50 bits per heavy atom. The molecule has 0 aliphatic carbocycles. The van der Waals surface area contributed by atoms with Crippen molar-refractivity contribution in [2.45, 2.75) is 38.8 Å². The van der Waals surface area contributed by atoms with Gasteiger partial charge in [-0.2, -0.15) is 0 Å². The molecule has 0 radical (unpaired) electrons. The number of esters is 1. The smallest absolute Gasteiger partial charge is 0.408 e. The Morgan fingerprint density at radius 2 is 1.86 bits per heavy atom. The summed E-state index contributed by atoms with van der Waals surface area (Å²) in [4.78, 5) is 39.2. The number of ether oxygens (including phenoxy) is 2. The van der Waals surface area contributed by atoms with Gasteiger partial charge in [-0.3, -0.25) is 4.79 Å². The summed E-state index contributed by atoms with van der Waals surface area (Å²) in [5.41, 5.74) is 1.75. The predicted molar refractivity (Wildman–Crippen MR) is 150 cm³/mol. The van der Waals surface area contributed by atoms with Crippen LogP contribution in [0.2, 0.25) is 0 Å². The van der Waals surface area contributed by atoms with Crippen molar-refractivity contribution in [3.63, 3.8) is 0 Å². The largest absolute Gasteiger partial charge is 0.466 e. The molecule has 2 aromatic rings. The highest BCUT2D eigenvalue weighted by molar-refractivity contribution is 14.1. The second kappa shape index (κ2) is 12.2. The zero-order valence-corrected chi connectivity index (χ0v) is 24.5. The topological polar surface area (TPSA) is 84.9 Å². The number of amides is 2. The number of benzene rings is 2. The predicted octanol–water partition coefficient (Wildman–Crippen LogP) is 5.97. The Hall–Kier alpha value is -2.40. The van der Waals surface area contributed by atoms with Gasteiger partial charge in [-0.05, 0) is 95.0 Å². The molecular formula is C27H30BrIN2O5. The summed E-state index contributed by atoms with van der Waals surface area (Å²) < 4.78 is 11.9. The highest BCUT2D eigenvalue weighted by Gasteiger charge is 2.35. The van der Waals surface area contributed by atoms with Crippen LogP contribution in [0, 0.1) is 9.49 Å². The van der Waals surface area contributed by atoms with Crippen molar-refractivity contribution >= 4 is 62.6 Å². The van der Waals surface area contributed by atoms with Gasteiger partial charge in [0.05, 0.1) is 18.7 Å². The van der Waals surface area contributed by atoms with Gasteiger partial charge in [-0.25, -0.2) is 9.59 Å². The molecule has 1 saturated heterocycles. The number of methoxy groups -OCH3 is 1. The third-order valence-corrected chi connectivity index (χ3v) is 8.31. The second-order valence-corrected chi connectivity index (χ2v) is 11.5. The lowest BCUT2D eigenvalue weighted by atomic mass is 9.91. The van der Waals surface area contributed by atoms with Crippen LogP contribution in [0.25, 0.3) is 6.08 Å². The Morgan fingerprint density at radius 1 is 1.17 bits per heavy atom. The van der Waals surface area contributed by atoms with Crippen molar-refractivity contribution in [1.29, 1.82) is 0 Å². The van der Waals surface area contributed by atoms with Crippen molar-refractivity contribution < 1.29 is 23.9 Å². The molecule has 2 atom stereocenters. The Kier molecular flexibility index (Phi) is 9.57. The van der Waals surface area contributed by atoms with Crippen LogP contribution >= 0.6 is 38.5 Å². The molecule has 1 N–H and O–H groups in total. The molecule has 1 unspecified atom stereocenters. The molecule has 3 rings (SSSR count). The maximum atomic E-state index is 13.3. The molecule has 0 saturated carbocycles. The Labute approximate surface area is 233 Å². The van der Waals surface area contributed by atoms with Crippen LogP contribution in [-0.2, 0) is 14.3 Å². The molecule has 2 aromatic carbocycles. The van der Waals surface area contributed by atoms with Gasteiger partial charge in [0.2, 0.25) is 0 Å². The van der Waals surface area contributed by atoms with E-state index in [4.69, 9.17) is 4.74 Å². The van der Waals surface area contributed by atoms with Gasteiger partial charge in [-0.1, -0.05) is 30.3 Å². The first-order valence-corrected chi connectivity index (χ1v) is 13.4. The summed E-state index contributed by atoms with van der Waals surface area (Å²) in [6, 6.07) is 12.8. The Balaban J connectivity index is 1.82. The number of rotatable bonds is 6. The van der Waals surface area contributed by atoms with Crippen LogP contribution in [0.3, 0.4) is 0 Å². The molecule has 0 spiro atoms. The molecule has 1 aliphatic rings. The highest BCUT2D eigenvalue weighted by Crippen LogP contribution is 2.33. The van der Waals surface area contributed by atoms with E-state index in [2.05, 4.69) is 48.6 Å². The second-order valence-electron chi connectivity index (χ2n) is 9.55. The van der Waals surface area contributed by atoms with E-state index < -0.39 is 17.7 Å². The SMILES string of the molecule is COC(=O)/C=C/c1ccc([C@@H](NC(=O)OC(C)(C)C)C2CCN(C(=O)c3cccc(Br)c3I)C2)cc1. The number of nitrogens with zero attached hydrogens (tertiary/aromatic N) is 1. The molecule has 1 heterocycles. The van der Waals surface area contributed by atoms with E-state index in [9.17, 15) is 14.4 Å². The van der Waals surface area contributed by atoms with Crippen LogP contribution in [-0.4, -0.2) is 48.7 Å². The van der Waals surface area contributed by atoms with Crippen molar-refractivity contribution in [1.82, 2.24) is 10.2 Å². The molecule has 36 heavy (non-hydrogen) atoms. The van der Waals surface area contributed by atoms with E-state index in [1.807, 2.05) is 68.1 Å². The Bertz CT molecular complexity index is 1140. The molecule has 1 aliphatic heterocycles. The first-order valence-electron chi connectivity index (χ1n) is 11.6. The summed E-state index contributed by atoms with van der Waals surface area (Å²) in [6.07, 6.45) is 3.26. The minimum absolute atomic E-state index is 0.00254. The van der Waals surface area contributed by atoms with E-state index in [1.54, 1.807) is 6.08 Å². The number of halogens is 2. The van der Waals surface area contributed by atoms with Gasteiger partial charge in [0.25, 0.3) is 5.91 Å². The molecule has 0 aromatic heterocycles. The van der Waals surface area contributed by atoms with Crippen LogP contribution in [0.1, 0.15) is 54.7 Å². The summed E-state index contributed by atoms with van der Waals surface area (Å²) in [5.74, 6) is -0.454. The fourth-order valence-corrected chi connectivity index (χ4v) is 4.99. The van der Waals surface area contributed by atoms with Crippen molar-refractivity contribution in [3.05, 3.63) is 73.3 Å². The number of carbonyl (C=O) groups is 3. The average molecular weight is 669 g/mol. The first-order chi connectivity index (χ1) is 17.0. The molecule has 0 bridgehead atoms. The number of alkyl carbamates (subject to hydrolysis) is 1. The van der Waals surface area contributed by atoms with E-state index in [0.29, 0.717) is 18.7 Å². The summed E-state index contributed by atoms with van der Waals surface area (Å²) in [7, 11) is 1.33. The quantitative estimate of drug-likeness (QED) is 0.233. The fraction of sp³-hybridized carbons (Fsp3) is 0.370. The standard InChI is InChI=1S/C27H30BrIN2O5/c1-27(2,3)36-26(34)30-24(18-11-8-17(9-12-18)10-13-22(32)35-4)19-14-15-31(16-19)25(33)20-6-5-7-21(28)23(20)29/h5-13,19,24H,14-16H2,1-4H3,(H,30,34)/b13-10+/t19?,24-/m1/s1. The monoisotopic (exact) mass is 668 g/mol. The lowest BCUT2D eigenvalue weighted by Gasteiger charge is -2.28. The lowest BCUT2D eigenvalue weighted by Crippen LogP contribution is -2.39. The fourth-order valence-electron chi connectivity index (χ4n) is 4.04. The van der Waals surface area contributed by atoms with Gasteiger partial charge >= 0.3 is 12.1 Å². The molecule has 9 heteroatoms. The number of likely N-dealkylation sites (tertiary alicyclic amines) is 1. The van der Waals surface area contributed by atoms with Crippen LogP contribution in [0.4, 0.5) is 4.79 Å². The zero-order chi connectivity index (χ0) is 26.5. The van der Waals surface area contributed by atoms with E-state index in [-0.39, 0.29) is 17.9 Å². The van der Waals surface area contributed by atoms with Gasteiger partial charge < -0.3 is 19.7 Å². The van der Waals surface area contributed by atoms with Crippen molar-refractivity contribution in [3.8, 4) is 0 Å². The average Bonchev–Trinajstić information content (AvgIpc) is 3.31. The number of hydrogen-bond acceptors (Lipinski definition) is 5. The van der Waals surface area contributed by atoms with Gasteiger partial charge in [0.1, 0.15) is 5.60 Å². The summed E-state index contributed by atoms with van der Waals surface area (Å²) >= 11 is 5.67. The number of nitrogens with one attached hydrogen (secondary N) is 1. The number of carbonyl (C=O) groups excluding carboxylic acids is 3. The van der Waals surface area contributed by atoms with Gasteiger partial charge in [0.15, 0.2) is 0 Å². The lowest BCUT2D eigenvalue weighted by molar-refractivity contribution is -0.134. The van der Waals surface area contributed by atoms with Crippen LogP contribution in [0.5, 0.6) is 0 Å². The molecule has 1 fully saturated rings. The highest BCUT2D eigenvalue weighted by atomic mass is 127. The minimum atomic E-state index is -0.633. The van der Waals surface area contributed by atoms with E-state index >= 15 is 0 Å². The molecular weight excluding hydrogens is 639 g/mol. The van der Waals surface area contributed by atoms with Crippen molar-refractivity contribution in [2.75, 3.05) is 20.2 Å². The third-order valence-electron chi connectivity index (χ3n) is 5.75.